The minimum atomic E-state index is -0.266. The van der Waals surface area contributed by atoms with Crippen LogP contribution >= 0.6 is 0 Å². The molecule has 1 saturated carbocycles. The molecule has 3 fully saturated rings. The summed E-state index contributed by atoms with van der Waals surface area (Å²) in [6.07, 6.45) is 3.92. The molecule has 3 aliphatic rings. The average molecular weight is 467 g/mol. The van der Waals surface area contributed by atoms with Gasteiger partial charge < -0.3 is 24.4 Å². The molecule has 1 atom stereocenters. The van der Waals surface area contributed by atoms with Gasteiger partial charge in [-0.2, -0.15) is 0 Å². The van der Waals surface area contributed by atoms with Crippen LogP contribution < -0.4 is 5.32 Å². The molecule has 2 aromatic rings. The first kappa shape index (κ1) is 22.7. The van der Waals surface area contributed by atoms with Gasteiger partial charge in [0.25, 0.3) is 5.91 Å². The van der Waals surface area contributed by atoms with Gasteiger partial charge in [0.1, 0.15) is 5.69 Å². The maximum absolute atomic E-state index is 13.2. The van der Waals surface area contributed by atoms with Crippen LogP contribution in [0.25, 0.3) is 10.9 Å². The van der Waals surface area contributed by atoms with Crippen molar-refractivity contribution in [1.29, 1.82) is 0 Å². The van der Waals surface area contributed by atoms with E-state index in [9.17, 15) is 14.4 Å². The number of hydrogen-bond acceptors (Lipinski definition) is 4. The third-order valence-electron chi connectivity index (χ3n) is 8.09. The van der Waals surface area contributed by atoms with Gasteiger partial charge in [0.15, 0.2) is 0 Å². The number of benzene rings is 1. The number of nitrogens with zero attached hydrogens (tertiary/aromatic N) is 3. The molecule has 5 rings (SSSR count). The number of piperidine rings is 2. The summed E-state index contributed by atoms with van der Waals surface area (Å²) in [5.74, 6) is 0.261. The SMILES string of the molecule is CCOC(=O)N1CCC(NC(=O)C2CC23CCN(C(=O)c2cc4ccccc4n2C)CC3)CC1. The van der Waals surface area contributed by atoms with E-state index in [1.165, 1.54) is 0 Å². The predicted molar refractivity (Wildman–Crippen MR) is 128 cm³/mol. The van der Waals surface area contributed by atoms with Crippen LogP contribution in [0.15, 0.2) is 30.3 Å². The van der Waals surface area contributed by atoms with Crippen molar-refractivity contribution in [3.63, 3.8) is 0 Å². The number of hydrogen-bond donors (Lipinski definition) is 1. The lowest BCUT2D eigenvalue weighted by molar-refractivity contribution is -0.124. The molecule has 182 valence electrons. The standard InChI is InChI=1S/C26H34N4O4/c1-3-34-25(33)30-12-8-19(9-13-30)27-23(31)20-17-26(20)10-14-29(15-11-26)24(32)22-16-18-6-4-5-7-21(18)28(22)2/h4-7,16,19-20H,3,8-15,17H2,1-2H3,(H,27,31). The lowest BCUT2D eigenvalue weighted by Crippen LogP contribution is -2.47. The highest BCUT2D eigenvalue weighted by atomic mass is 16.6. The molecule has 2 aliphatic heterocycles. The summed E-state index contributed by atoms with van der Waals surface area (Å²) >= 11 is 0. The normalized spacial score (nSPS) is 22.1. The van der Waals surface area contributed by atoms with E-state index in [-0.39, 0.29) is 35.3 Å². The van der Waals surface area contributed by atoms with Crippen molar-refractivity contribution in [2.75, 3.05) is 32.8 Å². The number of amides is 3. The fourth-order valence-corrected chi connectivity index (χ4v) is 5.81. The molecule has 1 aromatic carbocycles. The lowest BCUT2D eigenvalue weighted by atomic mass is 9.90. The molecule has 3 amide bonds. The third-order valence-corrected chi connectivity index (χ3v) is 8.09. The number of aryl methyl sites for hydroxylation is 1. The van der Waals surface area contributed by atoms with Gasteiger partial charge in [-0.3, -0.25) is 9.59 Å². The van der Waals surface area contributed by atoms with Gasteiger partial charge in [-0.15, -0.1) is 0 Å². The van der Waals surface area contributed by atoms with Crippen LogP contribution in [-0.4, -0.2) is 71.1 Å². The van der Waals surface area contributed by atoms with Gasteiger partial charge in [-0.25, -0.2) is 4.79 Å². The summed E-state index contributed by atoms with van der Waals surface area (Å²) in [5.41, 5.74) is 1.83. The Morgan fingerprint density at radius 3 is 2.44 bits per heavy atom. The number of para-hydroxylation sites is 1. The zero-order chi connectivity index (χ0) is 23.9. The molecule has 34 heavy (non-hydrogen) atoms. The summed E-state index contributed by atoms with van der Waals surface area (Å²) in [6, 6.07) is 10.1. The number of carbonyl (C=O) groups is 3. The van der Waals surface area contributed by atoms with Crippen LogP contribution in [0.2, 0.25) is 0 Å². The second kappa shape index (κ2) is 8.96. The molecular weight excluding hydrogens is 432 g/mol. The monoisotopic (exact) mass is 466 g/mol. The number of ether oxygens (including phenoxy) is 1. The highest BCUT2D eigenvalue weighted by Gasteiger charge is 2.59. The van der Waals surface area contributed by atoms with Crippen LogP contribution in [0.5, 0.6) is 0 Å². The van der Waals surface area contributed by atoms with E-state index >= 15 is 0 Å². The van der Waals surface area contributed by atoms with E-state index in [0.29, 0.717) is 32.8 Å². The number of aromatic nitrogens is 1. The Kier molecular flexibility index (Phi) is 6.00. The van der Waals surface area contributed by atoms with Gasteiger partial charge in [-0.1, -0.05) is 18.2 Å². The maximum Gasteiger partial charge on any atom is 0.409 e. The van der Waals surface area contributed by atoms with Crippen LogP contribution in [0.3, 0.4) is 0 Å². The van der Waals surface area contributed by atoms with Crippen LogP contribution in [0.1, 0.15) is 49.5 Å². The Balaban J connectivity index is 1.12. The summed E-state index contributed by atoms with van der Waals surface area (Å²) in [5, 5.41) is 4.30. The number of fused-ring (bicyclic) bond motifs is 1. The summed E-state index contributed by atoms with van der Waals surface area (Å²) in [4.78, 5) is 41.7. The first-order valence-electron chi connectivity index (χ1n) is 12.5. The molecule has 1 aliphatic carbocycles. The van der Waals surface area contributed by atoms with E-state index < -0.39 is 0 Å². The molecule has 3 heterocycles. The second-order valence-electron chi connectivity index (χ2n) is 10.0. The fourth-order valence-electron chi connectivity index (χ4n) is 5.81. The second-order valence-corrected chi connectivity index (χ2v) is 10.0. The fraction of sp³-hybridized carbons (Fsp3) is 0.577. The van der Waals surface area contributed by atoms with Crippen molar-refractivity contribution in [1.82, 2.24) is 19.7 Å². The van der Waals surface area contributed by atoms with Crippen LogP contribution in [-0.2, 0) is 16.6 Å². The van der Waals surface area contributed by atoms with Crippen molar-refractivity contribution >= 4 is 28.8 Å². The topological polar surface area (TPSA) is 83.9 Å². The van der Waals surface area contributed by atoms with Crippen molar-refractivity contribution in [3.05, 3.63) is 36.0 Å². The van der Waals surface area contributed by atoms with E-state index in [2.05, 4.69) is 5.32 Å². The number of rotatable bonds is 4. The predicted octanol–water partition coefficient (Wildman–Crippen LogP) is 3.16. The quantitative estimate of drug-likeness (QED) is 0.750. The Bertz CT molecular complexity index is 1090. The minimum absolute atomic E-state index is 0.0467. The zero-order valence-electron chi connectivity index (χ0n) is 20.1. The molecule has 2 saturated heterocycles. The van der Waals surface area contributed by atoms with Gasteiger partial charge in [-0.05, 0) is 56.6 Å². The molecule has 0 radical (unpaired) electrons. The van der Waals surface area contributed by atoms with Crippen molar-refractivity contribution in [2.24, 2.45) is 18.4 Å². The Hall–Kier alpha value is -3.03. The zero-order valence-corrected chi connectivity index (χ0v) is 20.1. The maximum atomic E-state index is 13.2. The highest BCUT2D eigenvalue weighted by molar-refractivity contribution is 5.98. The average Bonchev–Trinajstić information content (AvgIpc) is 3.45. The molecular formula is C26H34N4O4. The minimum Gasteiger partial charge on any atom is -0.450 e. The Morgan fingerprint density at radius 2 is 1.76 bits per heavy atom. The molecule has 1 spiro atoms. The molecule has 8 heteroatoms. The molecule has 0 bridgehead atoms. The van der Waals surface area contributed by atoms with E-state index in [4.69, 9.17) is 4.74 Å². The number of carbonyl (C=O) groups excluding carboxylic acids is 3. The lowest BCUT2D eigenvalue weighted by Gasteiger charge is -2.34. The van der Waals surface area contributed by atoms with E-state index in [1.807, 2.05) is 46.8 Å². The van der Waals surface area contributed by atoms with Gasteiger partial charge in [0.05, 0.1) is 6.61 Å². The summed E-state index contributed by atoms with van der Waals surface area (Å²) in [7, 11) is 1.94. The molecule has 1 N–H and O–H groups in total. The first-order valence-corrected chi connectivity index (χ1v) is 12.5. The molecule has 1 unspecified atom stereocenters. The number of nitrogens with one attached hydrogen (secondary N) is 1. The van der Waals surface area contributed by atoms with E-state index in [0.717, 1.165) is 48.7 Å². The van der Waals surface area contributed by atoms with Crippen molar-refractivity contribution in [2.45, 2.75) is 45.1 Å². The van der Waals surface area contributed by atoms with Crippen molar-refractivity contribution < 1.29 is 19.1 Å². The van der Waals surface area contributed by atoms with Gasteiger partial charge in [0, 0.05) is 56.1 Å². The third kappa shape index (κ3) is 4.14. The molecule has 1 aromatic heterocycles. The Labute approximate surface area is 200 Å². The first-order chi connectivity index (χ1) is 16.4. The smallest absolute Gasteiger partial charge is 0.409 e. The largest absolute Gasteiger partial charge is 0.450 e. The van der Waals surface area contributed by atoms with Gasteiger partial charge in [0.2, 0.25) is 5.91 Å². The highest BCUT2D eigenvalue weighted by Crippen LogP contribution is 2.59. The molecule has 8 nitrogen and oxygen atoms in total. The van der Waals surface area contributed by atoms with E-state index in [1.54, 1.807) is 11.8 Å². The van der Waals surface area contributed by atoms with Gasteiger partial charge >= 0.3 is 6.09 Å². The van der Waals surface area contributed by atoms with Crippen LogP contribution in [0, 0.1) is 11.3 Å². The Morgan fingerprint density at radius 1 is 1.06 bits per heavy atom. The number of likely N-dealkylation sites (tertiary alicyclic amines) is 2. The summed E-state index contributed by atoms with van der Waals surface area (Å²) in [6.45, 7) is 4.81. The van der Waals surface area contributed by atoms with Crippen LogP contribution in [0.4, 0.5) is 4.79 Å². The van der Waals surface area contributed by atoms with Crippen molar-refractivity contribution in [3.8, 4) is 0 Å². The summed E-state index contributed by atoms with van der Waals surface area (Å²) < 4.78 is 7.04.